The summed E-state index contributed by atoms with van der Waals surface area (Å²) < 4.78 is 28.4. The number of para-hydroxylation sites is 1. The molecule has 2 aromatic rings. The summed E-state index contributed by atoms with van der Waals surface area (Å²) in [7, 11) is 0.0975. The van der Waals surface area contributed by atoms with Gasteiger partial charge in [0.1, 0.15) is 0 Å². The summed E-state index contributed by atoms with van der Waals surface area (Å²) in [5.74, 6) is -0.134. The van der Waals surface area contributed by atoms with Gasteiger partial charge in [-0.2, -0.15) is 0 Å². The zero-order chi connectivity index (χ0) is 21.2. The van der Waals surface area contributed by atoms with Crippen LogP contribution >= 0.6 is 0 Å². The van der Waals surface area contributed by atoms with E-state index in [1.54, 1.807) is 29.2 Å². The minimum Gasteiger partial charge on any atom is -0.339 e. The number of carbonyl (C=O) groups is 1. The standard InChI is InChI=1S/C22H29N3O3S/c1-16-9-10-19(29(27,28)23-21-8-6-5-7-17(21)2)15-20(16)22(26)25(4)18-11-13-24(3)14-12-18/h5-10,15,18,23H,11-14H2,1-4H3. The minimum atomic E-state index is -3.79. The molecule has 1 heterocycles. The topological polar surface area (TPSA) is 69.7 Å². The summed E-state index contributed by atoms with van der Waals surface area (Å²) >= 11 is 0. The van der Waals surface area contributed by atoms with E-state index in [9.17, 15) is 13.2 Å². The van der Waals surface area contributed by atoms with E-state index in [1.165, 1.54) is 6.07 Å². The molecule has 1 aliphatic rings. The quantitative estimate of drug-likeness (QED) is 0.814. The van der Waals surface area contributed by atoms with Gasteiger partial charge in [-0.15, -0.1) is 0 Å². The Kier molecular flexibility index (Phi) is 6.29. The van der Waals surface area contributed by atoms with E-state index in [0.29, 0.717) is 11.3 Å². The third-order valence-corrected chi connectivity index (χ3v) is 7.06. The van der Waals surface area contributed by atoms with Crippen LogP contribution in [0.1, 0.15) is 34.3 Å². The number of nitrogens with one attached hydrogen (secondary N) is 1. The number of hydrogen-bond acceptors (Lipinski definition) is 4. The van der Waals surface area contributed by atoms with E-state index in [2.05, 4.69) is 16.7 Å². The predicted molar refractivity (Wildman–Crippen MR) is 116 cm³/mol. The zero-order valence-electron chi connectivity index (χ0n) is 17.5. The lowest BCUT2D eigenvalue weighted by Gasteiger charge is -2.35. The molecule has 1 N–H and O–H groups in total. The molecule has 3 rings (SSSR count). The van der Waals surface area contributed by atoms with Crippen LogP contribution in [-0.2, 0) is 10.0 Å². The van der Waals surface area contributed by atoms with Crippen LogP contribution in [0.2, 0.25) is 0 Å². The van der Waals surface area contributed by atoms with Gasteiger partial charge in [0.25, 0.3) is 15.9 Å². The highest BCUT2D eigenvalue weighted by Crippen LogP contribution is 2.23. The Labute approximate surface area is 173 Å². The third kappa shape index (κ3) is 4.79. The van der Waals surface area contributed by atoms with Gasteiger partial charge in [-0.05, 0) is 76.2 Å². The highest BCUT2D eigenvalue weighted by Gasteiger charge is 2.26. The lowest BCUT2D eigenvalue weighted by molar-refractivity contribution is 0.0658. The molecule has 7 heteroatoms. The first-order chi connectivity index (χ1) is 13.7. The molecule has 0 saturated carbocycles. The molecule has 0 unspecified atom stereocenters. The maximum atomic E-state index is 13.1. The van der Waals surface area contributed by atoms with Crippen LogP contribution in [0.3, 0.4) is 0 Å². The van der Waals surface area contributed by atoms with Gasteiger partial charge in [0.15, 0.2) is 0 Å². The summed E-state index contributed by atoms with van der Waals surface area (Å²) in [5.41, 5.74) is 2.56. The number of sulfonamides is 1. The van der Waals surface area contributed by atoms with Gasteiger partial charge in [0.05, 0.1) is 10.6 Å². The van der Waals surface area contributed by atoms with Crippen molar-refractivity contribution in [3.63, 3.8) is 0 Å². The molecule has 0 spiro atoms. The average molecular weight is 416 g/mol. The van der Waals surface area contributed by atoms with E-state index in [4.69, 9.17) is 0 Å². The van der Waals surface area contributed by atoms with Crippen molar-refractivity contribution in [1.29, 1.82) is 0 Å². The van der Waals surface area contributed by atoms with Crippen LogP contribution in [0.25, 0.3) is 0 Å². The van der Waals surface area contributed by atoms with E-state index in [-0.39, 0.29) is 16.8 Å². The molecular formula is C22H29N3O3S. The second kappa shape index (κ2) is 8.55. The number of benzene rings is 2. The van der Waals surface area contributed by atoms with E-state index in [0.717, 1.165) is 37.1 Å². The molecule has 0 aromatic heterocycles. The number of rotatable bonds is 5. The number of anilines is 1. The minimum absolute atomic E-state index is 0.0893. The van der Waals surface area contributed by atoms with Gasteiger partial charge in [-0.25, -0.2) is 8.42 Å². The van der Waals surface area contributed by atoms with Crippen molar-refractivity contribution >= 4 is 21.6 Å². The summed E-state index contributed by atoms with van der Waals surface area (Å²) in [6.07, 6.45) is 1.84. The maximum absolute atomic E-state index is 13.1. The number of piperidine rings is 1. The van der Waals surface area contributed by atoms with Crippen LogP contribution in [0, 0.1) is 13.8 Å². The molecule has 156 valence electrons. The Bertz CT molecular complexity index is 996. The third-order valence-electron chi connectivity index (χ3n) is 5.70. The summed E-state index contributed by atoms with van der Waals surface area (Å²) in [6.45, 7) is 5.59. The number of hydrogen-bond donors (Lipinski definition) is 1. The first-order valence-corrected chi connectivity index (χ1v) is 11.3. The highest BCUT2D eigenvalue weighted by molar-refractivity contribution is 7.92. The van der Waals surface area contributed by atoms with E-state index in [1.807, 2.05) is 33.0 Å². The van der Waals surface area contributed by atoms with Crippen molar-refractivity contribution in [2.45, 2.75) is 37.6 Å². The van der Waals surface area contributed by atoms with Crippen molar-refractivity contribution in [2.75, 3.05) is 31.9 Å². The fraction of sp³-hybridized carbons (Fsp3) is 0.409. The number of likely N-dealkylation sites (tertiary alicyclic amines) is 1. The first kappa shape index (κ1) is 21.3. The highest BCUT2D eigenvalue weighted by atomic mass is 32.2. The van der Waals surface area contributed by atoms with Gasteiger partial charge >= 0.3 is 0 Å². The number of nitrogens with zero attached hydrogens (tertiary/aromatic N) is 2. The van der Waals surface area contributed by atoms with Crippen LogP contribution in [-0.4, -0.2) is 57.4 Å². The van der Waals surface area contributed by atoms with Crippen molar-refractivity contribution in [2.24, 2.45) is 0 Å². The van der Waals surface area contributed by atoms with Crippen LogP contribution in [0.4, 0.5) is 5.69 Å². The monoisotopic (exact) mass is 415 g/mol. The number of aryl methyl sites for hydroxylation is 2. The zero-order valence-corrected chi connectivity index (χ0v) is 18.3. The molecule has 0 atom stereocenters. The smallest absolute Gasteiger partial charge is 0.261 e. The molecule has 1 amide bonds. The Morgan fingerprint density at radius 1 is 1.07 bits per heavy atom. The second-order valence-electron chi connectivity index (χ2n) is 7.85. The average Bonchev–Trinajstić information content (AvgIpc) is 2.69. The fourth-order valence-corrected chi connectivity index (χ4v) is 4.78. The number of carbonyl (C=O) groups excluding carboxylic acids is 1. The fourth-order valence-electron chi connectivity index (χ4n) is 3.63. The van der Waals surface area contributed by atoms with Crippen LogP contribution in [0.5, 0.6) is 0 Å². The van der Waals surface area contributed by atoms with Crippen molar-refractivity contribution in [1.82, 2.24) is 9.80 Å². The Balaban J connectivity index is 1.85. The second-order valence-corrected chi connectivity index (χ2v) is 9.53. The van der Waals surface area contributed by atoms with E-state index < -0.39 is 10.0 Å². The molecule has 0 radical (unpaired) electrons. The maximum Gasteiger partial charge on any atom is 0.261 e. The summed E-state index contributed by atoms with van der Waals surface area (Å²) in [4.78, 5) is 17.2. The van der Waals surface area contributed by atoms with Gasteiger partial charge in [-0.1, -0.05) is 24.3 Å². The normalized spacial score (nSPS) is 15.9. The van der Waals surface area contributed by atoms with Gasteiger partial charge in [-0.3, -0.25) is 9.52 Å². The molecule has 6 nitrogen and oxygen atoms in total. The van der Waals surface area contributed by atoms with Gasteiger partial charge < -0.3 is 9.80 Å². The Morgan fingerprint density at radius 2 is 1.72 bits per heavy atom. The van der Waals surface area contributed by atoms with Gasteiger partial charge in [0, 0.05) is 18.7 Å². The number of amides is 1. The molecule has 1 aliphatic heterocycles. The Morgan fingerprint density at radius 3 is 2.38 bits per heavy atom. The molecule has 0 aliphatic carbocycles. The lowest BCUT2D eigenvalue weighted by Crippen LogP contribution is -2.44. The molecule has 1 saturated heterocycles. The predicted octanol–water partition coefficient (Wildman–Crippen LogP) is 3.27. The lowest BCUT2D eigenvalue weighted by atomic mass is 10.0. The first-order valence-electron chi connectivity index (χ1n) is 9.84. The molecular weight excluding hydrogens is 386 g/mol. The molecule has 1 fully saturated rings. The SMILES string of the molecule is Cc1ccccc1NS(=O)(=O)c1ccc(C)c(C(=O)N(C)C2CCN(C)CC2)c1. The van der Waals surface area contributed by atoms with Crippen molar-refractivity contribution in [3.05, 3.63) is 59.2 Å². The molecule has 0 bridgehead atoms. The van der Waals surface area contributed by atoms with E-state index >= 15 is 0 Å². The largest absolute Gasteiger partial charge is 0.339 e. The van der Waals surface area contributed by atoms with Crippen LogP contribution in [0.15, 0.2) is 47.4 Å². The van der Waals surface area contributed by atoms with Gasteiger partial charge in [0.2, 0.25) is 0 Å². The Hall–Kier alpha value is -2.38. The summed E-state index contributed by atoms with van der Waals surface area (Å²) in [5, 5.41) is 0. The molecule has 29 heavy (non-hydrogen) atoms. The van der Waals surface area contributed by atoms with Crippen molar-refractivity contribution < 1.29 is 13.2 Å². The van der Waals surface area contributed by atoms with Crippen LogP contribution < -0.4 is 4.72 Å². The molecule has 2 aromatic carbocycles. The summed E-state index contributed by atoms with van der Waals surface area (Å²) in [6, 6.07) is 12.1. The van der Waals surface area contributed by atoms with Crippen molar-refractivity contribution in [3.8, 4) is 0 Å².